The third-order valence-corrected chi connectivity index (χ3v) is 2.61. The second-order valence-electron chi connectivity index (χ2n) is 2.62. The van der Waals surface area contributed by atoms with E-state index in [1.807, 2.05) is 0 Å². The van der Waals surface area contributed by atoms with Gasteiger partial charge in [-0.2, -0.15) is 8.42 Å². The molecule has 0 saturated heterocycles. The zero-order valence-electron chi connectivity index (χ0n) is 6.72. The van der Waals surface area contributed by atoms with Crippen molar-refractivity contribution in [3.8, 4) is 0 Å². The van der Waals surface area contributed by atoms with E-state index in [2.05, 4.69) is 0 Å². The Labute approximate surface area is 80.6 Å². The lowest BCUT2D eigenvalue weighted by atomic mass is 10.1. The zero-order chi connectivity index (χ0) is 12.0. The van der Waals surface area contributed by atoms with Gasteiger partial charge in [-0.25, -0.2) is 22.0 Å². The van der Waals surface area contributed by atoms with Crippen LogP contribution in [0.2, 0.25) is 0 Å². The van der Waals surface area contributed by atoms with Crippen molar-refractivity contribution in [3.05, 3.63) is 22.4 Å². The molecule has 15 heavy (non-hydrogen) atoms. The van der Waals surface area contributed by atoms with Crippen LogP contribution in [-0.4, -0.2) is 25.3 Å². The molecule has 0 spiro atoms. The molecule has 1 aliphatic carbocycles. The maximum atomic E-state index is 12.8. The highest BCUT2D eigenvalue weighted by Gasteiger charge is 2.45. The minimum atomic E-state index is -5.46. The monoisotopic (exact) mass is 250 g/mol. The van der Waals surface area contributed by atoms with Crippen molar-refractivity contribution in [2.45, 2.75) is 12.3 Å². The van der Waals surface area contributed by atoms with Crippen LogP contribution in [0, 0.1) is 0 Å². The van der Waals surface area contributed by atoms with Crippen LogP contribution >= 0.6 is 0 Å². The summed E-state index contributed by atoms with van der Waals surface area (Å²) in [6.45, 7) is 0. The van der Waals surface area contributed by atoms with Crippen molar-refractivity contribution >= 4 is 10.1 Å². The third-order valence-electron chi connectivity index (χ3n) is 1.65. The first kappa shape index (κ1) is 12.1. The van der Waals surface area contributed by atoms with E-state index < -0.39 is 44.8 Å². The molecule has 0 bridgehead atoms. The molecule has 1 rings (SSSR count). The molecule has 2 atom stereocenters. The van der Waals surface area contributed by atoms with E-state index >= 15 is 0 Å². The van der Waals surface area contributed by atoms with Crippen molar-refractivity contribution in [2.24, 2.45) is 0 Å². The first-order chi connectivity index (χ1) is 6.68. The van der Waals surface area contributed by atoms with Gasteiger partial charge in [0.25, 0.3) is 10.1 Å². The van der Waals surface area contributed by atoms with Gasteiger partial charge < -0.3 is 0 Å². The van der Waals surface area contributed by atoms with Crippen LogP contribution in [0.1, 0.15) is 0 Å². The Balaban J connectivity index is 3.49. The lowest BCUT2D eigenvalue weighted by Crippen LogP contribution is -2.29. The Hall–Kier alpha value is -0.960. The molecule has 0 aromatic rings. The van der Waals surface area contributed by atoms with Gasteiger partial charge >= 0.3 is 0 Å². The molecule has 0 heterocycles. The summed E-state index contributed by atoms with van der Waals surface area (Å²) < 4.78 is 91.8. The molecule has 0 aliphatic heterocycles. The molecular weight excluding hydrogens is 247 g/mol. The molecule has 9 heteroatoms. The molecule has 1 N–H and O–H groups in total. The third kappa shape index (κ3) is 1.88. The molecule has 2 unspecified atom stereocenters. The van der Waals surface area contributed by atoms with Crippen LogP contribution in [0.3, 0.4) is 0 Å². The molecule has 0 saturated carbocycles. The van der Waals surface area contributed by atoms with Crippen molar-refractivity contribution in [3.63, 3.8) is 0 Å². The summed E-state index contributed by atoms with van der Waals surface area (Å²) in [7, 11) is -5.46. The summed E-state index contributed by atoms with van der Waals surface area (Å²) in [6.07, 6.45) is -6.60. The van der Waals surface area contributed by atoms with Crippen molar-refractivity contribution < 1.29 is 34.9 Å². The van der Waals surface area contributed by atoms with Crippen LogP contribution in [0.25, 0.3) is 0 Å². The highest BCUT2D eigenvalue weighted by atomic mass is 32.2. The molecule has 1 aliphatic rings. The summed E-state index contributed by atoms with van der Waals surface area (Å²) in [6, 6.07) is 0. The van der Waals surface area contributed by atoms with E-state index in [1.54, 1.807) is 0 Å². The number of halogens is 5. The predicted molar refractivity (Wildman–Crippen MR) is 38.7 cm³/mol. The Morgan fingerprint density at radius 3 is 1.87 bits per heavy atom. The highest BCUT2D eigenvalue weighted by Crippen LogP contribution is 2.38. The maximum Gasteiger partial charge on any atom is 0.296 e. The normalized spacial score (nSPS) is 28.7. The minimum Gasteiger partial charge on any atom is -0.282 e. The molecule has 0 aromatic heterocycles. The first-order valence-electron chi connectivity index (χ1n) is 3.38. The van der Waals surface area contributed by atoms with Crippen molar-refractivity contribution in [1.29, 1.82) is 0 Å². The molecular formula is C6H3F5O3S. The number of rotatable bonds is 1. The maximum absolute atomic E-state index is 12.8. The second kappa shape index (κ2) is 3.56. The first-order valence-corrected chi connectivity index (χ1v) is 4.82. The summed E-state index contributed by atoms with van der Waals surface area (Å²) in [4.78, 5) is -2.14. The zero-order valence-corrected chi connectivity index (χ0v) is 7.53. The fourth-order valence-electron chi connectivity index (χ4n) is 0.972. The van der Waals surface area contributed by atoms with E-state index in [-0.39, 0.29) is 0 Å². The Kier molecular flexibility index (Phi) is 2.88. The van der Waals surface area contributed by atoms with E-state index in [0.29, 0.717) is 0 Å². The van der Waals surface area contributed by atoms with Crippen LogP contribution in [-0.2, 0) is 10.1 Å². The van der Waals surface area contributed by atoms with Crippen molar-refractivity contribution in [1.82, 2.24) is 0 Å². The summed E-state index contributed by atoms with van der Waals surface area (Å²) in [5.41, 5.74) is 0. The van der Waals surface area contributed by atoms with E-state index in [1.165, 1.54) is 0 Å². The van der Waals surface area contributed by atoms with E-state index in [9.17, 15) is 30.4 Å². The van der Waals surface area contributed by atoms with Crippen LogP contribution < -0.4 is 0 Å². The van der Waals surface area contributed by atoms with Gasteiger partial charge in [0.05, 0.1) is 0 Å². The number of hydrogen-bond acceptors (Lipinski definition) is 2. The summed E-state index contributed by atoms with van der Waals surface area (Å²) >= 11 is 0. The van der Waals surface area contributed by atoms with Gasteiger partial charge in [-0.15, -0.1) is 0 Å². The Bertz CT molecular complexity index is 451. The lowest BCUT2D eigenvalue weighted by Gasteiger charge is -2.18. The smallest absolute Gasteiger partial charge is 0.282 e. The number of allylic oxidation sites excluding steroid dienone is 4. The SMILES string of the molecule is O=S(=O)(O)C1=C(F)C(F)=C(F)C(F)C1F. The highest BCUT2D eigenvalue weighted by molar-refractivity contribution is 7.89. The predicted octanol–water partition coefficient (Wildman–Crippen LogP) is 1.90. The second-order valence-corrected chi connectivity index (χ2v) is 4.01. The van der Waals surface area contributed by atoms with Gasteiger partial charge in [-0.1, -0.05) is 0 Å². The standard InChI is InChI=1S/C6H3F5O3S/c7-1-2(8)4(10)6(15(12,13)14)5(11)3(1)9/h2,4H,(H,12,13,14). The van der Waals surface area contributed by atoms with Gasteiger partial charge in [-0.3, -0.25) is 4.55 Å². The lowest BCUT2D eigenvalue weighted by molar-refractivity contribution is 0.187. The van der Waals surface area contributed by atoms with Gasteiger partial charge in [0, 0.05) is 0 Å². The topological polar surface area (TPSA) is 54.4 Å². The average Bonchev–Trinajstić information content (AvgIpc) is 2.09. The quantitative estimate of drug-likeness (QED) is 0.571. The number of alkyl halides is 2. The molecule has 0 radical (unpaired) electrons. The van der Waals surface area contributed by atoms with Gasteiger partial charge in [0.15, 0.2) is 29.8 Å². The van der Waals surface area contributed by atoms with Gasteiger partial charge in [-0.05, 0) is 0 Å². The fraction of sp³-hybridized carbons (Fsp3) is 0.333. The van der Waals surface area contributed by atoms with Gasteiger partial charge in [0.1, 0.15) is 4.91 Å². The number of hydrogen-bond donors (Lipinski definition) is 1. The van der Waals surface area contributed by atoms with Crippen molar-refractivity contribution in [2.75, 3.05) is 0 Å². The summed E-state index contributed by atoms with van der Waals surface area (Å²) in [5, 5.41) is 0. The Morgan fingerprint density at radius 1 is 1.00 bits per heavy atom. The van der Waals surface area contributed by atoms with Crippen LogP contribution in [0.15, 0.2) is 22.4 Å². The molecule has 86 valence electrons. The largest absolute Gasteiger partial charge is 0.296 e. The minimum absolute atomic E-state index is 2.14. The van der Waals surface area contributed by atoms with E-state index in [4.69, 9.17) is 4.55 Å². The van der Waals surface area contributed by atoms with E-state index in [0.717, 1.165) is 0 Å². The van der Waals surface area contributed by atoms with Gasteiger partial charge in [0.2, 0.25) is 0 Å². The average molecular weight is 250 g/mol. The molecule has 0 aromatic carbocycles. The molecule has 3 nitrogen and oxygen atoms in total. The summed E-state index contributed by atoms with van der Waals surface area (Å²) in [5.74, 6) is -7.31. The van der Waals surface area contributed by atoms with Crippen LogP contribution in [0.5, 0.6) is 0 Å². The van der Waals surface area contributed by atoms with Crippen LogP contribution in [0.4, 0.5) is 22.0 Å². The molecule has 0 amide bonds. The fourth-order valence-corrected chi connectivity index (χ4v) is 1.69. The Morgan fingerprint density at radius 2 is 1.47 bits per heavy atom. The molecule has 0 fully saturated rings.